The number of nitrogens with zero attached hydrogens (tertiary/aromatic N) is 1. The van der Waals surface area contributed by atoms with E-state index in [9.17, 15) is 4.79 Å². The number of hydrogen-bond acceptors (Lipinski definition) is 4. The molecule has 2 N–H and O–H groups in total. The van der Waals surface area contributed by atoms with E-state index in [1.54, 1.807) is 25.3 Å². The number of benzene rings is 1. The Bertz CT molecular complexity index is 613. The van der Waals surface area contributed by atoms with E-state index in [0.717, 1.165) is 38.2 Å². The Kier molecular flexibility index (Phi) is 5.51. The van der Waals surface area contributed by atoms with Crippen LogP contribution in [0.1, 0.15) is 29.6 Å². The van der Waals surface area contributed by atoms with Gasteiger partial charge in [-0.25, -0.2) is 9.78 Å². The molecule has 0 aliphatic heterocycles. The second-order valence-electron chi connectivity index (χ2n) is 4.85. The van der Waals surface area contributed by atoms with Crippen LogP contribution in [0.2, 0.25) is 0 Å². The molecular formula is C16H20N2O3. The van der Waals surface area contributed by atoms with E-state index >= 15 is 0 Å². The molecule has 0 radical (unpaired) electrons. The summed E-state index contributed by atoms with van der Waals surface area (Å²) in [5, 5.41) is 13.1. The normalized spacial score (nSPS) is 10.7. The summed E-state index contributed by atoms with van der Waals surface area (Å²) in [7, 11) is 1.71. The van der Waals surface area contributed by atoms with E-state index in [2.05, 4.69) is 10.3 Å². The SMILES string of the molecule is COCCCCCNc1ccc2c(C(=O)O)cccc2n1. The number of unbranched alkanes of at least 4 members (excludes halogenated alkanes) is 2. The van der Waals surface area contributed by atoms with Crippen molar-refractivity contribution in [3.63, 3.8) is 0 Å². The summed E-state index contributed by atoms with van der Waals surface area (Å²) in [5.74, 6) is -0.155. The third kappa shape index (κ3) is 4.16. The maximum absolute atomic E-state index is 11.1. The van der Waals surface area contributed by atoms with Gasteiger partial charge in [0.2, 0.25) is 0 Å². The standard InChI is InChI=1S/C16H20N2O3/c1-21-11-4-2-3-10-17-15-9-8-12-13(16(19)20)6-5-7-14(12)18-15/h5-9H,2-4,10-11H2,1H3,(H,17,18)(H,19,20). The van der Waals surface area contributed by atoms with Crippen molar-refractivity contribution < 1.29 is 14.6 Å². The van der Waals surface area contributed by atoms with Gasteiger partial charge in [0.1, 0.15) is 5.82 Å². The summed E-state index contributed by atoms with van der Waals surface area (Å²) in [6.07, 6.45) is 3.22. The van der Waals surface area contributed by atoms with E-state index < -0.39 is 5.97 Å². The van der Waals surface area contributed by atoms with Crippen molar-refractivity contribution in [2.75, 3.05) is 25.6 Å². The first-order valence-corrected chi connectivity index (χ1v) is 7.08. The third-order valence-corrected chi connectivity index (χ3v) is 3.29. The van der Waals surface area contributed by atoms with Crippen molar-refractivity contribution in [1.82, 2.24) is 4.98 Å². The number of pyridine rings is 1. The summed E-state index contributed by atoms with van der Waals surface area (Å²) in [5.41, 5.74) is 0.977. The van der Waals surface area contributed by atoms with Gasteiger partial charge in [-0.1, -0.05) is 6.07 Å². The molecule has 2 aromatic rings. The molecule has 0 spiro atoms. The minimum absolute atomic E-state index is 0.283. The summed E-state index contributed by atoms with van der Waals surface area (Å²) in [4.78, 5) is 15.6. The van der Waals surface area contributed by atoms with Gasteiger partial charge >= 0.3 is 5.97 Å². The topological polar surface area (TPSA) is 71.5 Å². The average molecular weight is 288 g/mol. The Labute approximate surface area is 124 Å². The van der Waals surface area contributed by atoms with Gasteiger partial charge in [0.25, 0.3) is 0 Å². The number of carbonyl (C=O) groups is 1. The second-order valence-corrected chi connectivity index (χ2v) is 4.85. The zero-order chi connectivity index (χ0) is 15.1. The molecule has 0 aliphatic carbocycles. The van der Waals surface area contributed by atoms with Crippen LogP contribution in [0.15, 0.2) is 30.3 Å². The Morgan fingerprint density at radius 3 is 2.86 bits per heavy atom. The highest BCUT2D eigenvalue weighted by molar-refractivity contribution is 6.02. The van der Waals surface area contributed by atoms with Crippen molar-refractivity contribution in [3.8, 4) is 0 Å². The summed E-state index contributed by atoms with van der Waals surface area (Å²) in [6.45, 7) is 1.65. The quantitative estimate of drug-likeness (QED) is 0.730. The Morgan fingerprint density at radius 2 is 2.10 bits per heavy atom. The van der Waals surface area contributed by atoms with Gasteiger partial charge < -0.3 is 15.2 Å². The van der Waals surface area contributed by atoms with Gasteiger partial charge in [-0.05, 0) is 43.5 Å². The Hall–Kier alpha value is -2.14. The van der Waals surface area contributed by atoms with E-state index in [1.165, 1.54) is 0 Å². The Morgan fingerprint density at radius 1 is 1.24 bits per heavy atom. The van der Waals surface area contributed by atoms with Crippen molar-refractivity contribution in [1.29, 1.82) is 0 Å². The number of ether oxygens (including phenoxy) is 1. The van der Waals surface area contributed by atoms with E-state index in [-0.39, 0.29) is 5.56 Å². The number of hydrogen-bond donors (Lipinski definition) is 2. The molecule has 0 atom stereocenters. The number of methoxy groups -OCH3 is 1. The molecule has 21 heavy (non-hydrogen) atoms. The maximum atomic E-state index is 11.1. The molecule has 1 heterocycles. The highest BCUT2D eigenvalue weighted by Crippen LogP contribution is 2.19. The van der Waals surface area contributed by atoms with E-state index in [0.29, 0.717) is 10.9 Å². The molecule has 0 saturated heterocycles. The average Bonchev–Trinajstić information content (AvgIpc) is 2.49. The molecule has 2 rings (SSSR count). The van der Waals surface area contributed by atoms with Gasteiger partial charge in [-0.2, -0.15) is 0 Å². The first-order chi connectivity index (χ1) is 10.2. The molecule has 0 amide bonds. The van der Waals surface area contributed by atoms with Crippen LogP contribution in [0.4, 0.5) is 5.82 Å². The summed E-state index contributed by atoms with van der Waals surface area (Å²) >= 11 is 0. The molecule has 1 aromatic carbocycles. The van der Waals surface area contributed by atoms with Crippen LogP contribution in [-0.2, 0) is 4.74 Å². The minimum Gasteiger partial charge on any atom is -0.478 e. The molecular weight excluding hydrogens is 268 g/mol. The fourth-order valence-electron chi connectivity index (χ4n) is 2.20. The molecule has 5 nitrogen and oxygen atoms in total. The predicted octanol–water partition coefficient (Wildman–Crippen LogP) is 3.16. The fourth-order valence-corrected chi connectivity index (χ4v) is 2.20. The molecule has 0 unspecified atom stereocenters. The smallest absolute Gasteiger partial charge is 0.336 e. The van der Waals surface area contributed by atoms with E-state index in [4.69, 9.17) is 9.84 Å². The predicted molar refractivity (Wildman–Crippen MR) is 82.9 cm³/mol. The lowest BCUT2D eigenvalue weighted by molar-refractivity contribution is 0.0699. The van der Waals surface area contributed by atoms with Gasteiger partial charge in [0.15, 0.2) is 0 Å². The van der Waals surface area contributed by atoms with Crippen molar-refractivity contribution in [2.24, 2.45) is 0 Å². The van der Waals surface area contributed by atoms with Crippen LogP contribution >= 0.6 is 0 Å². The first kappa shape index (κ1) is 15.3. The lowest BCUT2D eigenvalue weighted by Gasteiger charge is -2.08. The lowest BCUT2D eigenvalue weighted by atomic mass is 10.1. The zero-order valence-electron chi connectivity index (χ0n) is 12.1. The van der Waals surface area contributed by atoms with Crippen LogP contribution in [0.3, 0.4) is 0 Å². The number of carboxylic acids is 1. The third-order valence-electron chi connectivity index (χ3n) is 3.29. The highest BCUT2D eigenvalue weighted by Gasteiger charge is 2.08. The number of anilines is 1. The number of carboxylic acid groups (broad SMARTS) is 1. The minimum atomic E-state index is -0.929. The molecule has 5 heteroatoms. The van der Waals surface area contributed by atoms with Crippen LogP contribution < -0.4 is 5.32 Å². The van der Waals surface area contributed by atoms with Crippen molar-refractivity contribution in [3.05, 3.63) is 35.9 Å². The van der Waals surface area contributed by atoms with Gasteiger partial charge in [-0.15, -0.1) is 0 Å². The maximum Gasteiger partial charge on any atom is 0.336 e. The van der Waals surface area contributed by atoms with Crippen molar-refractivity contribution >= 4 is 22.7 Å². The first-order valence-electron chi connectivity index (χ1n) is 7.08. The molecule has 0 saturated carbocycles. The van der Waals surface area contributed by atoms with Crippen molar-refractivity contribution in [2.45, 2.75) is 19.3 Å². The highest BCUT2D eigenvalue weighted by atomic mass is 16.5. The molecule has 0 bridgehead atoms. The molecule has 0 fully saturated rings. The largest absolute Gasteiger partial charge is 0.478 e. The van der Waals surface area contributed by atoms with Crippen LogP contribution in [0.5, 0.6) is 0 Å². The summed E-state index contributed by atoms with van der Waals surface area (Å²) in [6, 6.07) is 8.76. The lowest BCUT2D eigenvalue weighted by Crippen LogP contribution is -2.04. The monoisotopic (exact) mass is 288 g/mol. The number of aromatic nitrogens is 1. The van der Waals surface area contributed by atoms with Crippen LogP contribution in [0, 0.1) is 0 Å². The molecule has 112 valence electrons. The number of nitrogens with one attached hydrogen (secondary N) is 1. The van der Waals surface area contributed by atoms with Crippen LogP contribution in [-0.4, -0.2) is 36.3 Å². The zero-order valence-corrected chi connectivity index (χ0v) is 12.1. The molecule has 1 aromatic heterocycles. The number of aromatic carboxylic acids is 1. The van der Waals surface area contributed by atoms with E-state index in [1.807, 2.05) is 12.1 Å². The number of fused-ring (bicyclic) bond motifs is 1. The second kappa shape index (κ2) is 7.59. The number of rotatable bonds is 8. The Balaban J connectivity index is 1.98. The van der Waals surface area contributed by atoms with Gasteiger partial charge in [0.05, 0.1) is 11.1 Å². The fraction of sp³-hybridized carbons (Fsp3) is 0.375. The molecule has 0 aliphatic rings. The van der Waals surface area contributed by atoms with Crippen LogP contribution in [0.25, 0.3) is 10.9 Å². The van der Waals surface area contributed by atoms with Gasteiger partial charge in [-0.3, -0.25) is 0 Å². The summed E-state index contributed by atoms with van der Waals surface area (Å²) < 4.78 is 5.00. The van der Waals surface area contributed by atoms with Gasteiger partial charge in [0, 0.05) is 25.6 Å².